The fourth-order valence-electron chi connectivity index (χ4n) is 2.90. The molecule has 0 aromatic carbocycles. The van der Waals surface area contributed by atoms with Crippen molar-refractivity contribution in [3.8, 4) is 0 Å². The van der Waals surface area contributed by atoms with Crippen LogP contribution in [0.1, 0.15) is 39.0 Å². The van der Waals surface area contributed by atoms with Crippen LogP contribution >= 0.6 is 12.4 Å². The summed E-state index contributed by atoms with van der Waals surface area (Å²) in [6, 6.07) is 0.433. The van der Waals surface area contributed by atoms with E-state index in [2.05, 4.69) is 10.6 Å². The van der Waals surface area contributed by atoms with Gasteiger partial charge in [0.25, 0.3) is 0 Å². The minimum atomic E-state index is -3.08. The highest BCUT2D eigenvalue weighted by Gasteiger charge is 2.28. The van der Waals surface area contributed by atoms with Crippen molar-refractivity contribution in [3.63, 3.8) is 0 Å². The second kappa shape index (κ2) is 8.31. The lowest BCUT2D eigenvalue weighted by atomic mass is 10.1. The van der Waals surface area contributed by atoms with E-state index < -0.39 is 10.0 Å². The number of carbonyl (C=O) groups excluding carboxylic acids is 1. The predicted octanol–water partition coefficient (Wildman–Crippen LogP) is 0.481. The predicted molar refractivity (Wildman–Crippen MR) is 85.1 cm³/mol. The lowest BCUT2D eigenvalue weighted by molar-refractivity contribution is -0.122. The Morgan fingerprint density at radius 1 is 1.29 bits per heavy atom. The number of piperidine rings is 1. The van der Waals surface area contributed by atoms with E-state index in [-0.39, 0.29) is 30.1 Å². The van der Waals surface area contributed by atoms with E-state index in [9.17, 15) is 13.2 Å². The van der Waals surface area contributed by atoms with Crippen molar-refractivity contribution >= 4 is 28.3 Å². The SMILES string of the molecule is CCS(=O)(=O)N1CCC(NC(=O)CC2CCCN2)CC1.Cl. The standard InChI is InChI=1S/C13H25N3O3S.ClH/c1-2-20(18,19)16-8-5-11(6-9-16)15-13(17)10-12-4-3-7-14-12;/h11-12,14H,2-10H2,1H3,(H,15,17);1H. The summed E-state index contributed by atoms with van der Waals surface area (Å²) in [6.45, 7) is 3.70. The average molecular weight is 340 g/mol. The van der Waals surface area contributed by atoms with Gasteiger partial charge >= 0.3 is 0 Å². The van der Waals surface area contributed by atoms with Crippen molar-refractivity contribution in [2.45, 2.75) is 51.1 Å². The second-order valence-electron chi connectivity index (χ2n) is 5.64. The van der Waals surface area contributed by atoms with Crippen LogP contribution in [0.5, 0.6) is 0 Å². The van der Waals surface area contributed by atoms with Crippen LogP contribution in [0, 0.1) is 0 Å². The largest absolute Gasteiger partial charge is 0.353 e. The Morgan fingerprint density at radius 2 is 1.95 bits per heavy atom. The molecule has 2 aliphatic heterocycles. The monoisotopic (exact) mass is 339 g/mol. The summed E-state index contributed by atoms with van der Waals surface area (Å²) in [5.41, 5.74) is 0. The maximum absolute atomic E-state index is 11.9. The minimum Gasteiger partial charge on any atom is -0.353 e. The van der Waals surface area contributed by atoms with E-state index in [4.69, 9.17) is 0 Å². The van der Waals surface area contributed by atoms with Crippen molar-refractivity contribution in [2.24, 2.45) is 0 Å². The van der Waals surface area contributed by atoms with Gasteiger partial charge in [-0.15, -0.1) is 12.4 Å². The van der Waals surface area contributed by atoms with Gasteiger partial charge in [-0.25, -0.2) is 12.7 Å². The normalized spacial score (nSPS) is 24.5. The number of amides is 1. The van der Waals surface area contributed by atoms with E-state index in [1.165, 1.54) is 4.31 Å². The first kappa shape index (κ1) is 18.7. The Kier molecular flexibility index (Phi) is 7.39. The van der Waals surface area contributed by atoms with Crippen molar-refractivity contribution in [2.75, 3.05) is 25.4 Å². The summed E-state index contributed by atoms with van der Waals surface area (Å²) >= 11 is 0. The molecule has 2 N–H and O–H groups in total. The highest BCUT2D eigenvalue weighted by atomic mass is 35.5. The van der Waals surface area contributed by atoms with Crippen LogP contribution in [-0.4, -0.2) is 56.1 Å². The van der Waals surface area contributed by atoms with Gasteiger partial charge in [0.15, 0.2) is 0 Å². The first-order valence-electron chi connectivity index (χ1n) is 7.52. The highest BCUT2D eigenvalue weighted by molar-refractivity contribution is 7.89. The van der Waals surface area contributed by atoms with Crippen molar-refractivity contribution in [1.82, 2.24) is 14.9 Å². The molecule has 124 valence electrons. The molecular weight excluding hydrogens is 314 g/mol. The number of rotatable bonds is 5. The van der Waals surface area contributed by atoms with Gasteiger partial charge in [-0.05, 0) is 39.2 Å². The summed E-state index contributed by atoms with van der Waals surface area (Å²) in [4.78, 5) is 11.9. The fraction of sp³-hybridized carbons (Fsp3) is 0.923. The molecule has 0 aromatic heterocycles. The van der Waals surface area contributed by atoms with Crippen LogP contribution < -0.4 is 10.6 Å². The Balaban J connectivity index is 0.00000220. The number of nitrogens with one attached hydrogen (secondary N) is 2. The molecular formula is C13H26ClN3O3S. The Labute approximate surface area is 133 Å². The molecule has 2 saturated heterocycles. The fourth-order valence-corrected chi connectivity index (χ4v) is 4.03. The Bertz CT molecular complexity index is 430. The quantitative estimate of drug-likeness (QED) is 0.763. The molecule has 2 rings (SSSR count). The average Bonchev–Trinajstić information content (AvgIpc) is 2.92. The van der Waals surface area contributed by atoms with Crippen LogP contribution in [0.4, 0.5) is 0 Å². The van der Waals surface area contributed by atoms with Gasteiger partial charge in [-0.2, -0.15) is 0 Å². The van der Waals surface area contributed by atoms with E-state index in [1.807, 2.05) is 0 Å². The van der Waals surface area contributed by atoms with Gasteiger partial charge < -0.3 is 10.6 Å². The van der Waals surface area contributed by atoms with Gasteiger partial charge in [-0.3, -0.25) is 4.79 Å². The van der Waals surface area contributed by atoms with Crippen LogP contribution in [0.25, 0.3) is 0 Å². The van der Waals surface area contributed by atoms with Gasteiger partial charge in [0.2, 0.25) is 15.9 Å². The number of nitrogens with zero attached hydrogens (tertiary/aromatic N) is 1. The molecule has 0 radical (unpaired) electrons. The summed E-state index contributed by atoms with van der Waals surface area (Å²) < 4.78 is 25.0. The zero-order valence-electron chi connectivity index (χ0n) is 12.5. The van der Waals surface area contributed by atoms with E-state index >= 15 is 0 Å². The smallest absolute Gasteiger partial charge is 0.221 e. The summed E-state index contributed by atoms with van der Waals surface area (Å²) in [5, 5.41) is 6.35. The third-order valence-electron chi connectivity index (χ3n) is 4.17. The van der Waals surface area contributed by atoms with Crippen LogP contribution in [0.15, 0.2) is 0 Å². The van der Waals surface area contributed by atoms with Crippen LogP contribution in [-0.2, 0) is 14.8 Å². The van der Waals surface area contributed by atoms with Gasteiger partial charge in [-0.1, -0.05) is 0 Å². The summed E-state index contributed by atoms with van der Waals surface area (Å²) in [5.74, 6) is 0.235. The first-order valence-corrected chi connectivity index (χ1v) is 9.12. The van der Waals surface area contributed by atoms with E-state index in [0.29, 0.717) is 38.4 Å². The third kappa shape index (κ3) is 5.39. The molecule has 0 aromatic rings. The first-order chi connectivity index (χ1) is 9.51. The molecule has 6 nitrogen and oxygen atoms in total. The lowest BCUT2D eigenvalue weighted by Gasteiger charge is -2.31. The molecule has 0 bridgehead atoms. The van der Waals surface area contributed by atoms with Gasteiger partial charge in [0.05, 0.1) is 5.75 Å². The number of sulfonamides is 1. The zero-order chi connectivity index (χ0) is 14.6. The maximum Gasteiger partial charge on any atom is 0.221 e. The Hall–Kier alpha value is -0.370. The summed E-state index contributed by atoms with van der Waals surface area (Å²) in [6.07, 6.45) is 4.17. The molecule has 0 aliphatic carbocycles. The zero-order valence-corrected chi connectivity index (χ0v) is 14.1. The molecule has 1 atom stereocenters. The van der Waals surface area contributed by atoms with Crippen molar-refractivity contribution in [1.29, 1.82) is 0 Å². The Morgan fingerprint density at radius 3 is 2.48 bits per heavy atom. The van der Waals surface area contributed by atoms with Crippen molar-refractivity contribution < 1.29 is 13.2 Å². The molecule has 21 heavy (non-hydrogen) atoms. The van der Waals surface area contributed by atoms with E-state index in [1.54, 1.807) is 6.92 Å². The van der Waals surface area contributed by atoms with Gasteiger partial charge in [0, 0.05) is 31.6 Å². The highest BCUT2D eigenvalue weighted by Crippen LogP contribution is 2.15. The molecule has 8 heteroatoms. The minimum absolute atomic E-state index is 0. The number of hydrogen-bond donors (Lipinski definition) is 2. The third-order valence-corrected chi connectivity index (χ3v) is 6.05. The maximum atomic E-state index is 11.9. The topological polar surface area (TPSA) is 78.5 Å². The number of halogens is 1. The number of hydrogen-bond acceptors (Lipinski definition) is 4. The molecule has 2 fully saturated rings. The lowest BCUT2D eigenvalue weighted by Crippen LogP contribution is -2.47. The summed E-state index contributed by atoms with van der Waals surface area (Å²) in [7, 11) is -3.08. The van der Waals surface area contributed by atoms with Crippen molar-refractivity contribution in [3.05, 3.63) is 0 Å². The molecule has 1 unspecified atom stereocenters. The number of carbonyl (C=O) groups is 1. The van der Waals surface area contributed by atoms with Crippen LogP contribution in [0.3, 0.4) is 0 Å². The van der Waals surface area contributed by atoms with Crippen LogP contribution in [0.2, 0.25) is 0 Å². The molecule has 2 heterocycles. The van der Waals surface area contributed by atoms with E-state index in [0.717, 1.165) is 19.4 Å². The van der Waals surface area contributed by atoms with Gasteiger partial charge in [0.1, 0.15) is 0 Å². The molecule has 1 amide bonds. The molecule has 0 saturated carbocycles. The second-order valence-corrected chi connectivity index (χ2v) is 7.90. The molecule has 0 spiro atoms. The molecule has 2 aliphatic rings.